The van der Waals surface area contributed by atoms with E-state index in [1.54, 1.807) is 29.5 Å². The van der Waals surface area contributed by atoms with E-state index in [2.05, 4.69) is 15.1 Å². The number of nitrogen functional groups attached to an aromatic ring is 1. The molecule has 0 saturated heterocycles. The van der Waals surface area contributed by atoms with Crippen LogP contribution in [0.5, 0.6) is 11.5 Å². The molecule has 6 nitrogen and oxygen atoms in total. The topological polar surface area (TPSA) is 78.8 Å². The highest BCUT2D eigenvalue weighted by molar-refractivity contribution is 7.99. The maximum atomic E-state index is 5.85. The number of nitrogens with zero attached hydrogens (tertiary/aromatic N) is 4. The van der Waals surface area contributed by atoms with Crippen LogP contribution in [-0.4, -0.2) is 19.7 Å². The van der Waals surface area contributed by atoms with Gasteiger partial charge in [0.15, 0.2) is 17.3 Å². The van der Waals surface area contributed by atoms with Gasteiger partial charge in [-0.15, -0.1) is 0 Å². The Morgan fingerprint density at radius 2 is 2.14 bits per heavy atom. The second kappa shape index (κ2) is 5.84. The zero-order valence-corrected chi connectivity index (χ0v) is 12.1. The van der Waals surface area contributed by atoms with Crippen molar-refractivity contribution >= 4 is 17.6 Å². The number of anilines is 1. The molecule has 0 aliphatic carbocycles. The van der Waals surface area contributed by atoms with Crippen LogP contribution in [-0.2, 0) is 7.05 Å². The summed E-state index contributed by atoms with van der Waals surface area (Å²) in [6.07, 6.45) is 6.83. The molecule has 3 heterocycles. The van der Waals surface area contributed by atoms with Gasteiger partial charge in [-0.1, -0.05) is 17.8 Å². The normalized spacial score (nSPS) is 10.5. The number of rotatable bonds is 4. The third-order valence-corrected chi connectivity index (χ3v) is 3.54. The summed E-state index contributed by atoms with van der Waals surface area (Å²) >= 11 is 1.50. The van der Waals surface area contributed by atoms with Gasteiger partial charge in [0, 0.05) is 30.4 Å². The minimum Gasteiger partial charge on any atom is -0.450 e. The maximum absolute atomic E-state index is 5.85. The van der Waals surface area contributed by atoms with Crippen molar-refractivity contribution in [3.8, 4) is 11.5 Å². The van der Waals surface area contributed by atoms with Crippen molar-refractivity contribution in [3.05, 3.63) is 49.1 Å². The molecular formula is C14H13N5OS. The van der Waals surface area contributed by atoms with E-state index in [1.165, 1.54) is 11.8 Å². The van der Waals surface area contributed by atoms with Crippen LogP contribution in [0.15, 0.2) is 59.0 Å². The second-order valence-corrected chi connectivity index (χ2v) is 5.37. The highest BCUT2D eigenvalue weighted by Gasteiger charge is 2.08. The predicted octanol–water partition coefficient (Wildman–Crippen LogP) is 2.74. The fourth-order valence-corrected chi connectivity index (χ4v) is 2.45. The first kappa shape index (κ1) is 13.4. The van der Waals surface area contributed by atoms with Crippen molar-refractivity contribution in [3.63, 3.8) is 0 Å². The zero-order chi connectivity index (χ0) is 14.7. The van der Waals surface area contributed by atoms with Crippen molar-refractivity contribution in [2.75, 3.05) is 5.73 Å². The first-order chi connectivity index (χ1) is 10.2. The Morgan fingerprint density at radius 3 is 2.86 bits per heavy atom. The number of aromatic nitrogens is 4. The Hall–Kier alpha value is -2.54. The Morgan fingerprint density at radius 1 is 1.24 bits per heavy atom. The summed E-state index contributed by atoms with van der Waals surface area (Å²) in [5, 5.41) is 4.93. The van der Waals surface area contributed by atoms with Gasteiger partial charge in [-0.3, -0.25) is 4.68 Å². The summed E-state index contributed by atoms with van der Waals surface area (Å²) in [6.45, 7) is 0. The summed E-state index contributed by atoms with van der Waals surface area (Å²) < 4.78 is 7.36. The van der Waals surface area contributed by atoms with Gasteiger partial charge in [-0.2, -0.15) is 5.10 Å². The van der Waals surface area contributed by atoms with E-state index in [1.807, 2.05) is 31.3 Å². The van der Waals surface area contributed by atoms with Crippen molar-refractivity contribution < 1.29 is 4.74 Å². The monoisotopic (exact) mass is 299 g/mol. The number of nitrogens with two attached hydrogens (primary N) is 1. The predicted molar refractivity (Wildman–Crippen MR) is 80.3 cm³/mol. The third kappa shape index (κ3) is 3.32. The Labute approximate surface area is 126 Å². The van der Waals surface area contributed by atoms with Gasteiger partial charge >= 0.3 is 0 Å². The van der Waals surface area contributed by atoms with E-state index < -0.39 is 0 Å². The average Bonchev–Trinajstić information content (AvgIpc) is 2.89. The summed E-state index contributed by atoms with van der Waals surface area (Å²) in [5.74, 6) is 1.46. The van der Waals surface area contributed by atoms with Crippen molar-refractivity contribution in [1.29, 1.82) is 0 Å². The molecule has 0 radical (unpaired) electrons. The Kier molecular flexibility index (Phi) is 3.74. The number of hydrogen-bond acceptors (Lipinski definition) is 6. The third-order valence-electron chi connectivity index (χ3n) is 2.63. The van der Waals surface area contributed by atoms with Crippen LogP contribution in [0.2, 0.25) is 0 Å². The molecule has 3 rings (SSSR count). The number of aryl methyl sites for hydroxylation is 1. The lowest BCUT2D eigenvalue weighted by atomic mass is 10.4. The lowest BCUT2D eigenvalue weighted by Crippen LogP contribution is -1.95. The van der Waals surface area contributed by atoms with Crippen LogP contribution in [0.1, 0.15) is 0 Å². The molecule has 3 aromatic heterocycles. The molecule has 0 amide bonds. The van der Waals surface area contributed by atoms with Crippen molar-refractivity contribution in [2.45, 2.75) is 9.92 Å². The molecule has 0 saturated carbocycles. The summed E-state index contributed by atoms with van der Waals surface area (Å²) in [4.78, 5) is 9.32. The van der Waals surface area contributed by atoms with Gasteiger partial charge in [0.05, 0.1) is 12.4 Å². The van der Waals surface area contributed by atoms with E-state index in [0.717, 1.165) is 9.92 Å². The van der Waals surface area contributed by atoms with Crippen LogP contribution in [0, 0.1) is 0 Å². The molecule has 0 aromatic carbocycles. The number of ether oxygens (including phenoxy) is 1. The quantitative estimate of drug-likeness (QED) is 0.798. The first-order valence-corrected chi connectivity index (χ1v) is 7.03. The molecule has 0 aliphatic heterocycles. The SMILES string of the molecule is Cn1cc(Oc2cc(Sc3ccccn3)cnc2N)cn1. The molecule has 0 fully saturated rings. The number of hydrogen-bond donors (Lipinski definition) is 1. The second-order valence-electron chi connectivity index (χ2n) is 4.28. The Balaban J connectivity index is 1.82. The number of pyridine rings is 2. The van der Waals surface area contributed by atoms with Crippen molar-refractivity contribution in [1.82, 2.24) is 19.7 Å². The van der Waals surface area contributed by atoms with E-state index in [0.29, 0.717) is 17.3 Å². The van der Waals surface area contributed by atoms with Crippen LogP contribution < -0.4 is 10.5 Å². The van der Waals surface area contributed by atoms with E-state index in [4.69, 9.17) is 10.5 Å². The van der Waals surface area contributed by atoms with Gasteiger partial charge in [-0.25, -0.2) is 9.97 Å². The molecule has 0 atom stereocenters. The standard InChI is InChI=1S/C14H13N5OS/c1-19-9-10(7-18-19)20-12-6-11(8-17-14(12)15)21-13-4-2-3-5-16-13/h2-9H,1H3,(H2,15,17). The fraction of sp³-hybridized carbons (Fsp3) is 0.0714. The maximum Gasteiger partial charge on any atom is 0.170 e. The van der Waals surface area contributed by atoms with Gasteiger partial charge in [0.1, 0.15) is 5.03 Å². The summed E-state index contributed by atoms with van der Waals surface area (Å²) in [5.41, 5.74) is 5.85. The molecule has 7 heteroatoms. The van der Waals surface area contributed by atoms with Gasteiger partial charge < -0.3 is 10.5 Å². The van der Waals surface area contributed by atoms with Gasteiger partial charge in [0.2, 0.25) is 0 Å². The smallest absolute Gasteiger partial charge is 0.170 e. The molecular weight excluding hydrogens is 286 g/mol. The van der Waals surface area contributed by atoms with Crippen molar-refractivity contribution in [2.24, 2.45) is 7.05 Å². The highest BCUT2D eigenvalue weighted by atomic mass is 32.2. The summed E-state index contributed by atoms with van der Waals surface area (Å²) in [6, 6.07) is 7.59. The molecule has 3 aromatic rings. The molecule has 0 unspecified atom stereocenters. The van der Waals surface area contributed by atoms with Crippen LogP contribution in [0.25, 0.3) is 0 Å². The summed E-state index contributed by atoms with van der Waals surface area (Å²) in [7, 11) is 1.82. The minimum absolute atomic E-state index is 0.337. The van der Waals surface area contributed by atoms with Gasteiger partial charge in [-0.05, 0) is 12.1 Å². The largest absolute Gasteiger partial charge is 0.450 e. The van der Waals surface area contributed by atoms with E-state index in [9.17, 15) is 0 Å². The first-order valence-electron chi connectivity index (χ1n) is 6.21. The molecule has 106 valence electrons. The van der Waals surface area contributed by atoms with Crippen LogP contribution in [0.4, 0.5) is 5.82 Å². The zero-order valence-electron chi connectivity index (χ0n) is 11.3. The minimum atomic E-state index is 0.337. The lowest BCUT2D eigenvalue weighted by Gasteiger charge is -2.07. The molecule has 0 spiro atoms. The molecule has 0 bridgehead atoms. The van der Waals surface area contributed by atoms with E-state index in [-0.39, 0.29) is 0 Å². The molecule has 21 heavy (non-hydrogen) atoms. The van der Waals surface area contributed by atoms with Crippen LogP contribution in [0.3, 0.4) is 0 Å². The average molecular weight is 299 g/mol. The van der Waals surface area contributed by atoms with E-state index >= 15 is 0 Å². The Bertz CT molecular complexity index is 744. The fourth-order valence-electron chi connectivity index (χ4n) is 1.68. The van der Waals surface area contributed by atoms with Gasteiger partial charge in [0.25, 0.3) is 0 Å². The lowest BCUT2D eigenvalue weighted by molar-refractivity contribution is 0.481. The molecule has 0 aliphatic rings. The van der Waals surface area contributed by atoms with Crippen LogP contribution >= 0.6 is 11.8 Å². The molecule has 2 N–H and O–H groups in total. The highest BCUT2D eigenvalue weighted by Crippen LogP contribution is 2.32.